The van der Waals surface area contributed by atoms with Crippen LogP contribution >= 0.6 is 0 Å². The second-order valence-electron chi connectivity index (χ2n) is 5.23. The molecule has 0 aromatic heterocycles. The molecule has 1 N–H and O–H groups in total. The first-order valence-electron chi connectivity index (χ1n) is 7.04. The molecule has 0 saturated carbocycles. The van der Waals surface area contributed by atoms with Crippen molar-refractivity contribution in [3.63, 3.8) is 0 Å². The minimum absolute atomic E-state index is 0.0365. The lowest BCUT2D eigenvalue weighted by Crippen LogP contribution is -2.38. The second-order valence-corrected chi connectivity index (χ2v) is 5.23. The highest BCUT2D eigenvalue weighted by atomic mass is 19.2. The summed E-state index contributed by atoms with van der Waals surface area (Å²) in [5, 5.41) is 3.42. The van der Waals surface area contributed by atoms with Crippen molar-refractivity contribution in [1.29, 1.82) is 0 Å². The average molecular weight is 268 g/mol. The van der Waals surface area contributed by atoms with Gasteiger partial charge in [-0.15, -0.1) is 0 Å². The van der Waals surface area contributed by atoms with Gasteiger partial charge in [-0.3, -0.25) is 4.90 Å². The lowest BCUT2D eigenvalue weighted by atomic mass is 10.1. The fourth-order valence-electron chi connectivity index (χ4n) is 2.76. The lowest BCUT2D eigenvalue weighted by molar-refractivity contribution is 0.255. The highest BCUT2D eigenvalue weighted by Crippen LogP contribution is 2.19. The van der Waals surface area contributed by atoms with E-state index in [0.717, 1.165) is 18.7 Å². The van der Waals surface area contributed by atoms with Gasteiger partial charge in [0.05, 0.1) is 0 Å². The monoisotopic (exact) mass is 268 g/mol. The number of benzene rings is 1. The third kappa shape index (κ3) is 3.51. The third-order valence-corrected chi connectivity index (χ3v) is 4.01. The Hall–Kier alpha value is -1.00. The molecule has 2 nitrogen and oxygen atoms in total. The van der Waals surface area contributed by atoms with Gasteiger partial charge in [0.2, 0.25) is 0 Å². The van der Waals surface area contributed by atoms with E-state index in [1.165, 1.54) is 31.5 Å². The molecule has 1 aromatic carbocycles. The van der Waals surface area contributed by atoms with Gasteiger partial charge >= 0.3 is 0 Å². The Kier molecular flexibility index (Phi) is 4.88. The Bertz CT molecular complexity index is 423. The summed E-state index contributed by atoms with van der Waals surface area (Å²) in [6.07, 6.45) is 2.46. The summed E-state index contributed by atoms with van der Waals surface area (Å²) in [6.45, 7) is 7.30. The maximum absolute atomic E-state index is 13.2. The molecule has 1 aromatic rings. The molecule has 0 amide bonds. The van der Waals surface area contributed by atoms with Crippen molar-refractivity contribution < 1.29 is 8.78 Å². The van der Waals surface area contributed by atoms with Crippen LogP contribution in [0, 0.1) is 11.6 Å². The van der Waals surface area contributed by atoms with Crippen molar-refractivity contribution in [3.05, 3.63) is 35.4 Å². The largest absolute Gasteiger partial charge is 0.309 e. The van der Waals surface area contributed by atoms with Crippen LogP contribution in [0.25, 0.3) is 0 Å². The Morgan fingerprint density at radius 3 is 2.84 bits per heavy atom. The quantitative estimate of drug-likeness (QED) is 0.882. The topological polar surface area (TPSA) is 15.3 Å². The van der Waals surface area contributed by atoms with Crippen LogP contribution in [0.4, 0.5) is 8.78 Å². The summed E-state index contributed by atoms with van der Waals surface area (Å²) >= 11 is 0. The molecule has 19 heavy (non-hydrogen) atoms. The van der Waals surface area contributed by atoms with E-state index in [1.807, 2.05) is 6.92 Å². The minimum Gasteiger partial charge on any atom is -0.309 e. The van der Waals surface area contributed by atoms with Crippen LogP contribution in [-0.2, 0) is 0 Å². The van der Waals surface area contributed by atoms with Crippen molar-refractivity contribution >= 4 is 0 Å². The molecule has 0 radical (unpaired) electrons. The molecular weight excluding hydrogens is 246 g/mol. The van der Waals surface area contributed by atoms with E-state index >= 15 is 0 Å². The average Bonchev–Trinajstić information content (AvgIpc) is 2.86. The van der Waals surface area contributed by atoms with E-state index in [1.54, 1.807) is 6.07 Å². The highest BCUT2D eigenvalue weighted by Gasteiger charge is 2.23. The molecular formula is C15H22F2N2. The van der Waals surface area contributed by atoms with Gasteiger partial charge in [0.15, 0.2) is 11.6 Å². The van der Waals surface area contributed by atoms with Crippen LogP contribution < -0.4 is 5.32 Å². The van der Waals surface area contributed by atoms with Crippen LogP contribution in [-0.4, -0.2) is 30.6 Å². The maximum Gasteiger partial charge on any atom is 0.159 e. The SMILES string of the molecule is CCN1CCCC1CNC(C)c1ccc(F)c(F)c1. The van der Waals surface area contributed by atoms with Gasteiger partial charge in [0.1, 0.15) is 0 Å². The van der Waals surface area contributed by atoms with E-state index in [0.29, 0.717) is 6.04 Å². The number of rotatable bonds is 5. The molecule has 4 heteroatoms. The van der Waals surface area contributed by atoms with Crippen molar-refractivity contribution in [2.24, 2.45) is 0 Å². The Morgan fingerprint density at radius 2 is 2.16 bits per heavy atom. The van der Waals surface area contributed by atoms with E-state index in [-0.39, 0.29) is 6.04 Å². The summed E-state index contributed by atoms with van der Waals surface area (Å²) in [7, 11) is 0. The molecule has 0 bridgehead atoms. The lowest BCUT2D eigenvalue weighted by Gasteiger charge is -2.25. The van der Waals surface area contributed by atoms with Gasteiger partial charge < -0.3 is 5.32 Å². The van der Waals surface area contributed by atoms with Crippen LogP contribution in [0.3, 0.4) is 0 Å². The predicted octanol–water partition coefficient (Wildman–Crippen LogP) is 3.10. The minimum atomic E-state index is -0.788. The van der Waals surface area contributed by atoms with Gasteiger partial charge in [-0.05, 0) is 50.6 Å². The first kappa shape index (κ1) is 14.4. The van der Waals surface area contributed by atoms with Gasteiger partial charge in [0, 0.05) is 18.6 Å². The standard InChI is InChI=1S/C15H22F2N2/c1-3-19-8-4-5-13(19)10-18-11(2)12-6-7-14(16)15(17)9-12/h6-7,9,11,13,18H,3-5,8,10H2,1-2H3. The van der Waals surface area contributed by atoms with E-state index in [4.69, 9.17) is 0 Å². The molecule has 1 aliphatic heterocycles. The smallest absolute Gasteiger partial charge is 0.159 e. The molecule has 1 heterocycles. The fourth-order valence-corrected chi connectivity index (χ4v) is 2.76. The van der Waals surface area contributed by atoms with Crippen molar-refractivity contribution in [1.82, 2.24) is 10.2 Å². The molecule has 106 valence electrons. The third-order valence-electron chi connectivity index (χ3n) is 4.01. The molecule has 1 fully saturated rings. The van der Waals surface area contributed by atoms with Gasteiger partial charge in [-0.1, -0.05) is 13.0 Å². The molecule has 1 saturated heterocycles. The summed E-state index contributed by atoms with van der Waals surface area (Å²) in [5.74, 6) is -1.56. The van der Waals surface area contributed by atoms with Gasteiger partial charge in [0.25, 0.3) is 0 Å². The molecule has 0 aliphatic carbocycles. The Labute approximate surface area is 113 Å². The van der Waals surface area contributed by atoms with Crippen LogP contribution in [0.15, 0.2) is 18.2 Å². The maximum atomic E-state index is 13.2. The van der Waals surface area contributed by atoms with E-state index in [9.17, 15) is 8.78 Å². The number of likely N-dealkylation sites (tertiary alicyclic amines) is 1. The van der Waals surface area contributed by atoms with Crippen molar-refractivity contribution in [3.8, 4) is 0 Å². The Morgan fingerprint density at radius 1 is 1.37 bits per heavy atom. The van der Waals surface area contributed by atoms with Gasteiger partial charge in [-0.25, -0.2) is 8.78 Å². The van der Waals surface area contributed by atoms with Gasteiger partial charge in [-0.2, -0.15) is 0 Å². The number of likely N-dealkylation sites (N-methyl/N-ethyl adjacent to an activating group) is 1. The summed E-state index contributed by atoms with van der Waals surface area (Å²) in [6, 6.07) is 4.71. The predicted molar refractivity (Wildman–Crippen MR) is 73.0 cm³/mol. The molecule has 2 atom stereocenters. The second kappa shape index (κ2) is 6.44. The van der Waals surface area contributed by atoms with Crippen LogP contribution in [0.2, 0.25) is 0 Å². The van der Waals surface area contributed by atoms with E-state index in [2.05, 4.69) is 17.1 Å². The van der Waals surface area contributed by atoms with Crippen molar-refractivity contribution in [2.75, 3.05) is 19.6 Å². The number of halogens is 2. The number of hydrogen-bond acceptors (Lipinski definition) is 2. The number of nitrogens with one attached hydrogen (secondary N) is 1. The van der Waals surface area contributed by atoms with Crippen molar-refractivity contribution in [2.45, 2.75) is 38.8 Å². The molecule has 2 rings (SSSR count). The molecule has 0 spiro atoms. The summed E-state index contributed by atoms with van der Waals surface area (Å²) < 4.78 is 26.1. The number of nitrogens with zero attached hydrogens (tertiary/aromatic N) is 1. The first-order chi connectivity index (χ1) is 9.11. The zero-order valence-electron chi connectivity index (χ0n) is 11.6. The van der Waals surface area contributed by atoms with E-state index < -0.39 is 11.6 Å². The zero-order chi connectivity index (χ0) is 13.8. The number of hydrogen-bond donors (Lipinski definition) is 1. The first-order valence-corrected chi connectivity index (χ1v) is 7.04. The van der Waals surface area contributed by atoms with Crippen LogP contribution in [0.5, 0.6) is 0 Å². The van der Waals surface area contributed by atoms with Crippen LogP contribution in [0.1, 0.15) is 38.3 Å². The fraction of sp³-hybridized carbons (Fsp3) is 0.600. The molecule has 2 unspecified atom stereocenters. The highest BCUT2D eigenvalue weighted by molar-refractivity contribution is 5.20. The summed E-state index contributed by atoms with van der Waals surface area (Å²) in [4.78, 5) is 2.46. The summed E-state index contributed by atoms with van der Waals surface area (Å²) in [5.41, 5.74) is 0.792. The zero-order valence-corrected chi connectivity index (χ0v) is 11.6. The Balaban J connectivity index is 1.90. The molecule has 1 aliphatic rings. The normalized spacial score (nSPS) is 21.8.